The van der Waals surface area contributed by atoms with Gasteiger partial charge in [-0.05, 0) is 38.3 Å². The van der Waals surface area contributed by atoms with Crippen LogP contribution in [0, 0.1) is 0 Å². The third kappa shape index (κ3) is 4.53. The van der Waals surface area contributed by atoms with Gasteiger partial charge >= 0.3 is 0 Å². The fraction of sp³-hybridized carbons (Fsp3) is 0.625. The van der Waals surface area contributed by atoms with Gasteiger partial charge in [0, 0.05) is 40.6 Å². The van der Waals surface area contributed by atoms with Gasteiger partial charge in [-0.3, -0.25) is 9.00 Å². The van der Waals surface area contributed by atoms with Gasteiger partial charge in [-0.1, -0.05) is 13.3 Å². The van der Waals surface area contributed by atoms with Crippen LogP contribution in [0.3, 0.4) is 0 Å². The van der Waals surface area contributed by atoms with E-state index in [1.54, 1.807) is 12.3 Å². The molecule has 2 rings (SSSR count). The summed E-state index contributed by atoms with van der Waals surface area (Å²) in [4.78, 5) is 16.0. The topological polar surface area (TPSA) is 71.1 Å². The van der Waals surface area contributed by atoms with E-state index in [2.05, 4.69) is 15.6 Å². The minimum atomic E-state index is -0.718. The van der Waals surface area contributed by atoms with E-state index in [0.717, 1.165) is 37.3 Å². The average Bonchev–Trinajstić information content (AvgIpc) is 2.55. The zero-order valence-corrected chi connectivity index (χ0v) is 14.1. The summed E-state index contributed by atoms with van der Waals surface area (Å²) >= 11 is 0. The lowest BCUT2D eigenvalue weighted by atomic mass is 9.95. The number of hydrogen-bond acceptors (Lipinski definition) is 4. The number of nitrogens with one attached hydrogen (secondary N) is 2. The second kappa shape index (κ2) is 8.27. The third-order valence-corrected chi connectivity index (χ3v) is 5.74. The Morgan fingerprint density at radius 3 is 2.82 bits per heavy atom. The minimum Gasteiger partial charge on any atom is -0.367 e. The van der Waals surface area contributed by atoms with Crippen molar-refractivity contribution in [1.82, 2.24) is 10.3 Å². The smallest absolute Gasteiger partial charge is 0.252 e. The lowest BCUT2D eigenvalue weighted by Gasteiger charge is -2.29. The quantitative estimate of drug-likeness (QED) is 0.843. The first-order valence-electron chi connectivity index (χ1n) is 8.02. The van der Waals surface area contributed by atoms with Crippen molar-refractivity contribution in [2.45, 2.75) is 50.8 Å². The molecule has 0 bridgehead atoms. The zero-order valence-electron chi connectivity index (χ0n) is 13.3. The summed E-state index contributed by atoms with van der Waals surface area (Å²) in [6.07, 6.45) is 5.77. The molecule has 1 amide bonds. The third-order valence-electron chi connectivity index (χ3n) is 4.00. The Morgan fingerprint density at radius 2 is 2.18 bits per heavy atom. The van der Waals surface area contributed by atoms with E-state index < -0.39 is 10.8 Å². The maximum atomic E-state index is 12.0. The lowest BCUT2D eigenvalue weighted by Crippen LogP contribution is -2.33. The Hall–Kier alpha value is -1.43. The van der Waals surface area contributed by atoms with Crippen LogP contribution >= 0.6 is 0 Å². The molecule has 0 saturated heterocycles. The molecule has 2 N–H and O–H groups in total. The maximum absolute atomic E-state index is 12.0. The molecule has 22 heavy (non-hydrogen) atoms. The van der Waals surface area contributed by atoms with Crippen LogP contribution in [0.2, 0.25) is 0 Å². The summed E-state index contributed by atoms with van der Waals surface area (Å²) in [6, 6.07) is 3.94. The first-order chi connectivity index (χ1) is 10.6. The second-order valence-electron chi connectivity index (χ2n) is 5.59. The van der Waals surface area contributed by atoms with E-state index in [9.17, 15) is 9.00 Å². The van der Waals surface area contributed by atoms with Crippen molar-refractivity contribution in [3.8, 4) is 0 Å². The second-order valence-corrected chi connectivity index (χ2v) is 7.60. The number of carbonyl (C=O) groups is 1. The Morgan fingerprint density at radius 1 is 1.36 bits per heavy atom. The number of carbonyl (C=O) groups excluding carboxylic acids is 1. The number of amides is 1. The van der Waals surface area contributed by atoms with Crippen LogP contribution in [0.4, 0.5) is 5.82 Å². The molecule has 1 aliphatic rings. The first-order valence-corrected chi connectivity index (χ1v) is 9.40. The molecule has 1 aromatic heterocycles. The van der Waals surface area contributed by atoms with E-state index >= 15 is 0 Å². The number of hydrogen-bond donors (Lipinski definition) is 2. The molecule has 0 radical (unpaired) electrons. The summed E-state index contributed by atoms with van der Waals surface area (Å²) in [7, 11) is -0.718. The Balaban J connectivity index is 1.93. The predicted molar refractivity (Wildman–Crippen MR) is 90.6 cm³/mol. The number of pyridine rings is 1. The lowest BCUT2D eigenvalue weighted by molar-refractivity contribution is 0.0955. The van der Waals surface area contributed by atoms with Crippen LogP contribution < -0.4 is 10.6 Å². The average molecular weight is 323 g/mol. The molecule has 0 aromatic carbocycles. The highest BCUT2D eigenvalue weighted by Crippen LogP contribution is 2.25. The maximum Gasteiger partial charge on any atom is 0.252 e. The Kier molecular flexibility index (Phi) is 6.36. The highest BCUT2D eigenvalue weighted by molar-refractivity contribution is 7.85. The van der Waals surface area contributed by atoms with Crippen LogP contribution in [0.1, 0.15) is 49.9 Å². The summed E-state index contributed by atoms with van der Waals surface area (Å²) < 4.78 is 12.0. The van der Waals surface area contributed by atoms with Crippen molar-refractivity contribution in [1.29, 1.82) is 0 Å². The molecular formula is C16H25N3O2S. The van der Waals surface area contributed by atoms with Crippen LogP contribution in [0.25, 0.3) is 0 Å². The van der Waals surface area contributed by atoms with Crippen molar-refractivity contribution in [3.05, 3.63) is 23.9 Å². The van der Waals surface area contributed by atoms with Crippen molar-refractivity contribution in [2.24, 2.45) is 0 Å². The monoisotopic (exact) mass is 323 g/mol. The van der Waals surface area contributed by atoms with Crippen LogP contribution in [-0.4, -0.2) is 38.7 Å². The molecule has 0 aliphatic heterocycles. The van der Waals surface area contributed by atoms with Gasteiger partial charge in [0.25, 0.3) is 5.91 Å². The molecule has 0 spiro atoms. The van der Waals surface area contributed by atoms with E-state index in [4.69, 9.17) is 0 Å². The summed E-state index contributed by atoms with van der Waals surface area (Å²) in [6.45, 7) is 4.48. The van der Waals surface area contributed by atoms with E-state index in [1.165, 1.54) is 0 Å². The van der Waals surface area contributed by atoms with Gasteiger partial charge in [0.1, 0.15) is 5.82 Å². The standard InChI is InChI=1S/C16H25N3O2S/c1-3-17-16(20)12-8-9-15(18-11-12)19-13-6-5-7-14(10-13)22(21)4-2/h8-9,11,13-14H,3-7,10H2,1-2H3,(H,17,20)(H,18,19). The largest absolute Gasteiger partial charge is 0.367 e. The number of nitrogens with zero attached hydrogens (tertiary/aromatic N) is 1. The molecular weight excluding hydrogens is 298 g/mol. The fourth-order valence-corrected chi connectivity index (χ4v) is 4.18. The molecule has 3 atom stereocenters. The van der Waals surface area contributed by atoms with E-state index in [0.29, 0.717) is 23.4 Å². The van der Waals surface area contributed by atoms with Gasteiger partial charge in [0.05, 0.1) is 5.56 Å². The van der Waals surface area contributed by atoms with Gasteiger partial charge in [-0.25, -0.2) is 4.98 Å². The van der Waals surface area contributed by atoms with Crippen molar-refractivity contribution >= 4 is 22.5 Å². The molecule has 122 valence electrons. The molecule has 1 fully saturated rings. The summed E-state index contributed by atoms with van der Waals surface area (Å²) in [5, 5.41) is 6.46. The molecule has 1 aromatic rings. The number of anilines is 1. The molecule has 1 heterocycles. The molecule has 6 heteroatoms. The Bertz CT molecular complexity index is 519. The number of rotatable bonds is 6. The number of aromatic nitrogens is 1. The highest BCUT2D eigenvalue weighted by atomic mass is 32.2. The minimum absolute atomic E-state index is 0.0994. The molecule has 5 nitrogen and oxygen atoms in total. The van der Waals surface area contributed by atoms with Crippen LogP contribution in [0.15, 0.2) is 18.3 Å². The van der Waals surface area contributed by atoms with E-state index in [-0.39, 0.29) is 5.91 Å². The van der Waals surface area contributed by atoms with Gasteiger partial charge in [0.15, 0.2) is 0 Å². The zero-order chi connectivity index (χ0) is 15.9. The molecule has 1 saturated carbocycles. The normalized spacial score (nSPS) is 22.8. The van der Waals surface area contributed by atoms with Crippen molar-refractivity contribution < 1.29 is 9.00 Å². The highest BCUT2D eigenvalue weighted by Gasteiger charge is 2.25. The summed E-state index contributed by atoms with van der Waals surface area (Å²) in [5.41, 5.74) is 0.570. The van der Waals surface area contributed by atoms with Crippen molar-refractivity contribution in [2.75, 3.05) is 17.6 Å². The predicted octanol–water partition coefficient (Wildman–Crippen LogP) is 2.32. The molecule has 3 unspecified atom stereocenters. The Labute approximate surface area is 134 Å². The van der Waals surface area contributed by atoms with Crippen LogP contribution in [0.5, 0.6) is 0 Å². The summed E-state index contributed by atoms with van der Waals surface area (Å²) in [5.74, 6) is 1.41. The van der Waals surface area contributed by atoms with Gasteiger partial charge < -0.3 is 10.6 Å². The van der Waals surface area contributed by atoms with Gasteiger partial charge in [-0.15, -0.1) is 0 Å². The van der Waals surface area contributed by atoms with E-state index in [1.807, 2.05) is 19.9 Å². The first kappa shape index (κ1) is 16.9. The van der Waals surface area contributed by atoms with Gasteiger partial charge in [0.2, 0.25) is 0 Å². The van der Waals surface area contributed by atoms with Crippen LogP contribution in [-0.2, 0) is 10.8 Å². The van der Waals surface area contributed by atoms with Gasteiger partial charge in [-0.2, -0.15) is 0 Å². The SMILES string of the molecule is CCNC(=O)c1ccc(NC2CCCC(S(=O)CC)C2)nc1. The van der Waals surface area contributed by atoms with Crippen molar-refractivity contribution in [3.63, 3.8) is 0 Å². The molecule has 1 aliphatic carbocycles. The fourth-order valence-electron chi connectivity index (χ4n) is 2.84.